The summed E-state index contributed by atoms with van der Waals surface area (Å²) in [5, 5.41) is 3.27. The molecule has 2 fully saturated rings. The van der Waals surface area contributed by atoms with Crippen LogP contribution in [0.5, 0.6) is 0 Å². The summed E-state index contributed by atoms with van der Waals surface area (Å²) >= 11 is 0. The van der Waals surface area contributed by atoms with E-state index in [1.807, 2.05) is 11.8 Å². The van der Waals surface area contributed by atoms with E-state index in [2.05, 4.69) is 24.1 Å². The van der Waals surface area contributed by atoms with Gasteiger partial charge in [0.1, 0.15) is 6.04 Å². The van der Waals surface area contributed by atoms with Gasteiger partial charge in [-0.15, -0.1) is 24.8 Å². The van der Waals surface area contributed by atoms with Crippen molar-refractivity contribution < 1.29 is 14.3 Å². The maximum absolute atomic E-state index is 12.6. The van der Waals surface area contributed by atoms with Gasteiger partial charge in [-0.05, 0) is 26.4 Å². The van der Waals surface area contributed by atoms with Gasteiger partial charge in [0.05, 0.1) is 25.4 Å². The minimum atomic E-state index is -0.205. The van der Waals surface area contributed by atoms with E-state index in [0.29, 0.717) is 13.2 Å². The molecular formula is C16H33Cl2N3O3. The Morgan fingerprint density at radius 1 is 1.33 bits per heavy atom. The van der Waals surface area contributed by atoms with Gasteiger partial charge in [-0.2, -0.15) is 0 Å². The molecule has 0 saturated carbocycles. The fourth-order valence-corrected chi connectivity index (χ4v) is 3.16. The van der Waals surface area contributed by atoms with Gasteiger partial charge < -0.3 is 24.6 Å². The third-order valence-corrected chi connectivity index (χ3v) is 4.69. The molecule has 24 heavy (non-hydrogen) atoms. The van der Waals surface area contributed by atoms with E-state index in [0.717, 1.165) is 45.8 Å². The number of amides is 1. The van der Waals surface area contributed by atoms with Crippen molar-refractivity contribution in [3.63, 3.8) is 0 Å². The third kappa shape index (κ3) is 6.65. The van der Waals surface area contributed by atoms with Gasteiger partial charge in [0, 0.05) is 26.2 Å². The summed E-state index contributed by atoms with van der Waals surface area (Å²) in [4.78, 5) is 16.8. The molecule has 0 aromatic heterocycles. The second-order valence-corrected chi connectivity index (χ2v) is 6.10. The number of nitrogens with one attached hydrogen (secondary N) is 1. The molecule has 0 radical (unpaired) electrons. The molecule has 3 atom stereocenters. The van der Waals surface area contributed by atoms with Crippen molar-refractivity contribution in [3.05, 3.63) is 0 Å². The fourth-order valence-electron chi connectivity index (χ4n) is 3.16. The molecule has 2 saturated heterocycles. The largest absolute Gasteiger partial charge is 0.375 e. The van der Waals surface area contributed by atoms with Crippen molar-refractivity contribution in [1.82, 2.24) is 15.1 Å². The molecular weight excluding hydrogens is 353 g/mol. The Bertz CT molecular complexity index is 359. The first-order valence-electron chi connectivity index (χ1n) is 8.63. The molecule has 1 amide bonds. The minimum absolute atomic E-state index is 0. The van der Waals surface area contributed by atoms with E-state index in [1.165, 1.54) is 0 Å². The lowest BCUT2D eigenvalue weighted by molar-refractivity contribution is -0.138. The van der Waals surface area contributed by atoms with Gasteiger partial charge in [-0.1, -0.05) is 13.8 Å². The van der Waals surface area contributed by atoms with Crippen LogP contribution in [0.1, 0.15) is 27.2 Å². The van der Waals surface area contributed by atoms with Gasteiger partial charge in [0.2, 0.25) is 5.91 Å². The van der Waals surface area contributed by atoms with Gasteiger partial charge >= 0.3 is 0 Å². The number of likely N-dealkylation sites (tertiary alicyclic amines) is 1. The molecule has 8 heteroatoms. The van der Waals surface area contributed by atoms with Crippen LogP contribution in [-0.2, 0) is 14.3 Å². The monoisotopic (exact) mass is 385 g/mol. The molecule has 0 spiro atoms. The highest BCUT2D eigenvalue weighted by Gasteiger charge is 2.35. The summed E-state index contributed by atoms with van der Waals surface area (Å²) in [7, 11) is 0. The summed E-state index contributed by atoms with van der Waals surface area (Å²) in [6.45, 7) is 13.0. The van der Waals surface area contributed by atoms with E-state index in [9.17, 15) is 4.79 Å². The molecule has 0 aromatic rings. The predicted octanol–water partition coefficient (Wildman–Crippen LogP) is 1.17. The molecule has 2 rings (SSSR count). The highest BCUT2D eigenvalue weighted by atomic mass is 35.5. The number of morpholine rings is 1. The standard InChI is InChI=1S/C16H31N3O3.2ClH/c1-4-18(5-2)9-11-22-14-6-8-19(12-14)16(20)15-13(3)21-10-7-17-15;;/h13-15,17H,4-12H2,1-3H3;2*1H/t13-,14?,15+;;/m1../s1. The molecule has 1 N–H and O–H groups in total. The number of halogens is 2. The lowest BCUT2D eigenvalue weighted by Crippen LogP contribution is -2.56. The molecule has 6 nitrogen and oxygen atoms in total. The highest BCUT2D eigenvalue weighted by Crippen LogP contribution is 2.16. The van der Waals surface area contributed by atoms with Crippen molar-refractivity contribution in [3.8, 4) is 0 Å². The van der Waals surface area contributed by atoms with Crippen molar-refractivity contribution in [2.45, 2.75) is 45.4 Å². The summed E-state index contributed by atoms with van der Waals surface area (Å²) in [5.74, 6) is 0.155. The molecule has 2 aliphatic heterocycles. The number of hydrogen-bond donors (Lipinski definition) is 1. The zero-order valence-corrected chi connectivity index (χ0v) is 16.7. The first-order valence-corrected chi connectivity index (χ1v) is 8.63. The second kappa shape index (κ2) is 12.3. The Morgan fingerprint density at radius 3 is 2.67 bits per heavy atom. The van der Waals surface area contributed by atoms with Crippen LogP contribution in [0, 0.1) is 0 Å². The number of nitrogens with zero attached hydrogens (tertiary/aromatic N) is 2. The van der Waals surface area contributed by atoms with Crippen LogP contribution in [0.3, 0.4) is 0 Å². The topological polar surface area (TPSA) is 54.0 Å². The summed E-state index contributed by atoms with van der Waals surface area (Å²) < 4.78 is 11.5. The van der Waals surface area contributed by atoms with Crippen LogP contribution >= 0.6 is 24.8 Å². The third-order valence-electron chi connectivity index (χ3n) is 4.69. The highest BCUT2D eigenvalue weighted by molar-refractivity contribution is 5.85. The van der Waals surface area contributed by atoms with Gasteiger partial charge in [-0.25, -0.2) is 0 Å². The fraction of sp³-hybridized carbons (Fsp3) is 0.938. The van der Waals surface area contributed by atoms with Crippen LogP contribution < -0.4 is 5.32 Å². The first-order chi connectivity index (χ1) is 10.7. The average molecular weight is 386 g/mol. The number of carbonyl (C=O) groups is 1. The normalized spacial score (nSPS) is 26.8. The molecule has 0 aliphatic carbocycles. The van der Waals surface area contributed by atoms with Gasteiger partial charge in [0.15, 0.2) is 0 Å². The van der Waals surface area contributed by atoms with Gasteiger partial charge in [0.25, 0.3) is 0 Å². The van der Waals surface area contributed by atoms with E-state index in [1.54, 1.807) is 0 Å². The van der Waals surface area contributed by atoms with Crippen LogP contribution in [-0.4, -0.2) is 86.4 Å². The van der Waals surface area contributed by atoms with Crippen LogP contribution in [0.15, 0.2) is 0 Å². The van der Waals surface area contributed by atoms with Crippen molar-refractivity contribution in [2.75, 3.05) is 52.5 Å². The van der Waals surface area contributed by atoms with E-state index >= 15 is 0 Å². The smallest absolute Gasteiger partial charge is 0.242 e. The Labute approximate surface area is 158 Å². The van der Waals surface area contributed by atoms with Crippen LogP contribution in [0.4, 0.5) is 0 Å². The molecule has 2 heterocycles. The lowest BCUT2D eigenvalue weighted by atomic mass is 10.1. The quantitative estimate of drug-likeness (QED) is 0.712. The summed E-state index contributed by atoms with van der Waals surface area (Å²) in [6.07, 6.45) is 1.06. The molecule has 0 bridgehead atoms. The number of rotatable bonds is 7. The van der Waals surface area contributed by atoms with Crippen LogP contribution in [0.25, 0.3) is 0 Å². The Balaban J connectivity index is 0.00000264. The summed E-state index contributed by atoms with van der Waals surface area (Å²) in [6, 6.07) is -0.205. The SMILES string of the molecule is CCN(CC)CCOC1CCN(C(=O)[C@H]2NCCO[C@@H]2C)C1.Cl.Cl. The maximum Gasteiger partial charge on any atom is 0.242 e. The predicted molar refractivity (Wildman–Crippen MR) is 100 cm³/mol. The number of hydrogen-bond acceptors (Lipinski definition) is 5. The minimum Gasteiger partial charge on any atom is -0.375 e. The van der Waals surface area contributed by atoms with Crippen molar-refractivity contribution >= 4 is 30.7 Å². The maximum atomic E-state index is 12.6. The lowest BCUT2D eigenvalue weighted by Gasteiger charge is -2.32. The Morgan fingerprint density at radius 2 is 2.04 bits per heavy atom. The van der Waals surface area contributed by atoms with Crippen molar-refractivity contribution in [1.29, 1.82) is 0 Å². The number of ether oxygens (including phenoxy) is 2. The first kappa shape index (κ1) is 23.9. The van der Waals surface area contributed by atoms with Crippen molar-refractivity contribution in [2.24, 2.45) is 0 Å². The Kier molecular flexibility index (Phi) is 12.2. The number of carbonyl (C=O) groups excluding carboxylic acids is 1. The molecule has 1 unspecified atom stereocenters. The van der Waals surface area contributed by atoms with E-state index in [-0.39, 0.29) is 49.0 Å². The Hall–Kier alpha value is -0.110. The van der Waals surface area contributed by atoms with E-state index < -0.39 is 0 Å². The summed E-state index contributed by atoms with van der Waals surface area (Å²) in [5.41, 5.74) is 0. The van der Waals surface area contributed by atoms with Gasteiger partial charge in [-0.3, -0.25) is 4.79 Å². The van der Waals surface area contributed by atoms with E-state index in [4.69, 9.17) is 9.47 Å². The zero-order chi connectivity index (χ0) is 15.9. The molecule has 144 valence electrons. The molecule has 2 aliphatic rings. The zero-order valence-electron chi connectivity index (χ0n) is 15.0. The average Bonchev–Trinajstić information content (AvgIpc) is 3.00. The second-order valence-electron chi connectivity index (χ2n) is 6.10. The molecule has 0 aromatic carbocycles. The number of likely N-dealkylation sites (N-methyl/N-ethyl adjacent to an activating group) is 1. The van der Waals surface area contributed by atoms with Crippen LogP contribution in [0.2, 0.25) is 0 Å².